The van der Waals surface area contributed by atoms with Crippen molar-refractivity contribution in [2.24, 2.45) is 17.6 Å². The van der Waals surface area contributed by atoms with E-state index in [2.05, 4.69) is 137 Å². The topological polar surface area (TPSA) is 167 Å². The van der Waals surface area contributed by atoms with Crippen molar-refractivity contribution in [2.45, 2.75) is 142 Å². The molecule has 3 aliphatic carbocycles. The Labute approximate surface area is 652 Å². The molecule has 5 fully saturated rings. The lowest BCUT2D eigenvalue weighted by Crippen LogP contribution is -2.43. The normalized spacial score (nSPS) is 18.1. The largest absolute Gasteiger partial charge is 0.444 e. The van der Waals surface area contributed by atoms with Crippen LogP contribution in [0.2, 0.25) is 15.1 Å². The zero-order chi connectivity index (χ0) is 70.7. The summed E-state index contributed by atoms with van der Waals surface area (Å²) in [7, 11) is 0. The van der Waals surface area contributed by atoms with Gasteiger partial charge in [0.2, 0.25) is 11.8 Å². The monoisotopic (exact) mass is 1790 g/mol. The molecule has 8 aliphatic rings. The van der Waals surface area contributed by atoms with Crippen molar-refractivity contribution >= 4 is 171 Å². The minimum Gasteiger partial charge on any atom is -0.444 e. The quantitative estimate of drug-likeness (QED) is 0.175. The van der Waals surface area contributed by atoms with E-state index in [-0.39, 0.29) is 23.9 Å². The van der Waals surface area contributed by atoms with Crippen molar-refractivity contribution in [3.05, 3.63) is 199 Å². The van der Waals surface area contributed by atoms with Gasteiger partial charge in [-0.1, -0.05) is 99.3 Å². The molecule has 528 valence electrons. The molecule has 5 saturated heterocycles. The number of aromatic nitrogens is 3. The third-order valence-corrected chi connectivity index (χ3v) is 24.3. The van der Waals surface area contributed by atoms with Crippen LogP contribution in [0.15, 0.2) is 117 Å². The molecule has 100 heavy (non-hydrogen) atoms. The van der Waals surface area contributed by atoms with Gasteiger partial charge in [-0.3, -0.25) is 24.5 Å². The number of likely N-dealkylation sites (tertiary alicyclic amines) is 4. The van der Waals surface area contributed by atoms with Crippen LogP contribution in [0.1, 0.15) is 165 Å². The van der Waals surface area contributed by atoms with Crippen molar-refractivity contribution in [3.63, 3.8) is 0 Å². The summed E-state index contributed by atoms with van der Waals surface area (Å²) in [5, 5.41) is 5.70. The van der Waals surface area contributed by atoms with Gasteiger partial charge in [-0.25, -0.2) is 9.59 Å². The van der Waals surface area contributed by atoms with Gasteiger partial charge in [0.25, 0.3) is 0 Å². The molecular weight excluding hydrogens is 1720 g/mol. The Bertz CT molecular complexity index is 4250. The van der Waals surface area contributed by atoms with Gasteiger partial charge in [-0.05, 0) is 284 Å². The third-order valence-electron chi connectivity index (χ3n) is 20.5. The number of rotatable bonds is 4. The van der Waals surface area contributed by atoms with E-state index in [1.54, 1.807) is 9.80 Å². The number of benzene rings is 3. The number of carbonyl (C=O) groups is 4. The van der Waals surface area contributed by atoms with Crippen LogP contribution >= 0.6 is 130 Å². The van der Waals surface area contributed by atoms with Crippen LogP contribution in [0.5, 0.6) is 0 Å². The highest BCUT2D eigenvalue weighted by atomic mass is 79.9. The minimum absolute atomic E-state index is 0.216. The number of piperidine rings is 5. The van der Waals surface area contributed by atoms with Crippen LogP contribution in [-0.2, 0) is 52.9 Å². The third kappa shape index (κ3) is 18.1. The minimum atomic E-state index is -0.497. The van der Waals surface area contributed by atoms with Gasteiger partial charge in [0, 0.05) is 159 Å². The number of hydrogen-bond donors (Lipinski definition) is 2. The van der Waals surface area contributed by atoms with Gasteiger partial charge >= 0.3 is 12.1 Å². The number of ether oxygens (including phenoxy) is 1. The fourth-order valence-corrected chi connectivity index (χ4v) is 19.8. The molecule has 5 amide bonds. The Morgan fingerprint density at radius 1 is 0.450 bits per heavy atom. The summed E-state index contributed by atoms with van der Waals surface area (Å²) < 4.78 is 11.6. The van der Waals surface area contributed by atoms with Gasteiger partial charge in [-0.2, -0.15) is 0 Å². The van der Waals surface area contributed by atoms with E-state index in [1.165, 1.54) is 83.5 Å². The van der Waals surface area contributed by atoms with Crippen molar-refractivity contribution in [2.75, 3.05) is 65.4 Å². The molecule has 3 aromatic carbocycles. The predicted octanol–water partition coefficient (Wildman–Crippen LogP) is 19.3. The molecule has 3 N–H and O–H groups in total. The molecular formula is C77H82Br6Cl3N9O5. The molecule has 14 nitrogen and oxygen atoms in total. The first kappa shape index (κ1) is 75.2. The van der Waals surface area contributed by atoms with E-state index in [9.17, 15) is 19.2 Å². The van der Waals surface area contributed by atoms with E-state index in [0.29, 0.717) is 77.0 Å². The second kappa shape index (κ2) is 33.3. The summed E-state index contributed by atoms with van der Waals surface area (Å²) in [6, 6.07) is 18.4. The highest BCUT2D eigenvalue weighted by Gasteiger charge is 2.35. The fourth-order valence-electron chi connectivity index (χ4n) is 15.5. The number of nitrogens with one attached hydrogen (secondary N) is 1. The Morgan fingerprint density at radius 2 is 0.770 bits per heavy atom. The first-order chi connectivity index (χ1) is 47.9. The van der Waals surface area contributed by atoms with Crippen LogP contribution in [-0.4, -0.2) is 130 Å². The van der Waals surface area contributed by atoms with Crippen molar-refractivity contribution in [1.82, 2.24) is 39.9 Å². The molecule has 5 aliphatic heterocycles. The maximum Gasteiger partial charge on any atom is 0.410 e. The zero-order valence-corrected chi connectivity index (χ0v) is 68.3. The smallest absolute Gasteiger partial charge is 0.410 e. The molecule has 3 aromatic heterocycles. The average Bonchev–Trinajstić information content (AvgIpc) is 1.52. The number of urea groups is 1. The second-order valence-electron chi connectivity index (χ2n) is 28.3. The van der Waals surface area contributed by atoms with Crippen molar-refractivity contribution in [1.29, 1.82) is 0 Å². The van der Waals surface area contributed by atoms with Crippen molar-refractivity contribution in [3.8, 4) is 0 Å². The maximum absolute atomic E-state index is 13.3. The van der Waals surface area contributed by atoms with E-state index in [1.807, 2.05) is 67.4 Å². The molecule has 0 radical (unpaired) electrons. The average molecular weight is 1800 g/mol. The number of primary amides is 1. The first-order valence-corrected chi connectivity index (χ1v) is 40.6. The molecule has 0 atom stereocenters. The van der Waals surface area contributed by atoms with Crippen LogP contribution < -0.4 is 11.1 Å². The summed E-state index contributed by atoms with van der Waals surface area (Å²) in [6.45, 7) is 13.1. The van der Waals surface area contributed by atoms with Gasteiger partial charge in [0.05, 0.1) is 17.1 Å². The van der Waals surface area contributed by atoms with E-state index >= 15 is 0 Å². The number of aryl methyl sites for hydroxylation is 6. The number of fused-ring (bicyclic) bond motifs is 6. The number of pyridine rings is 3. The molecule has 0 spiro atoms. The summed E-state index contributed by atoms with van der Waals surface area (Å²) in [5.74, 6) is 1.05. The lowest BCUT2D eigenvalue weighted by molar-refractivity contribution is -0.133. The lowest BCUT2D eigenvalue weighted by Gasteiger charge is -2.35. The molecule has 23 heteroatoms. The number of halogens is 9. The molecule has 0 unspecified atom stereocenters. The number of amides is 5. The van der Waals surface area contributed by atoms with Crippen molar-refractivity contribution < 1.29 is 23.9 Å². The SMILES string of the molecule is CC(C)(C)OC(=O)N1CCC(CC(=O)N2CCC(=C3c4ncc(Br)cc4CCc4cc(Cl)cc(Br)c43)CC2)CC1.Clc1cc(Br)c2c(c1)CCc1cc(Br)cnc1C2=C1CCNCC1.NC(=O)N1CCC(CC(=O)N2CCC(=C3c4ncc(Br)cc4CCc4cc(Cl)cc(Br)c43)CC2)CC1. The summed E-state index contributed by atoms with van der Waals surface area (Å²) in [4.78, 5) is 72.2. The molecule has 0 bridgehead atoms. The van der Waals surface area contributed by atoms with E-state index in [0.717, 1.165) is 175 Å². The van der Waals surface area contributed by atoms with Crippen LogP contribution in [0.25, 0.3) is 16.7 Å². The number of nitrogens with two attached hydrogens (primary N) is 1. The standard InChI is InChI=1S/C31H36Br2ClN3O3.C27H29Br2ClN4O2.C19H17Br2ClN2/c1-31(2,3)40-30(39)37-10-6-19(7-11-37)14-26(38)36-12-8-20(9-13-36)28-27-21(16-24(34)17-25(27)33)4-5-22-15-23(32)18-35-29(22)28;28-20-12-19-2-1-18-13-21(30)14-22(29)24(18)25(26(19)32-15-20)17-5-9-33(10-6-17)23(35)11-16-3-7-34(8-4-16)27(31)36;20-14-7-13-2-1-12-8-15(22)9-16(21)17(12)18(19(13)24-10-14)11-3-5-23-6-4-11/h15-19H,4-14H2,1-3H3;12-16H,1-11H2,(H2,31,36);7-10,23H,1-6H2. The number of carbonyl (C=O) groups excluding carboxylic acids is 4. The second-order valence-corrected chi connectivity index (χ2v) is 34.9. The number of nitrogens with zero attached hydrogens (tertiary/aromatic N) is 7. The lowest BCUT2D eigenvalue weighted by atomic mass is 9.88. The highest BCUT2D eigenvalue weighted by molar-refractivity contribution is 9.11. The van der Waals surface area contributed by atoms with Gasteiger partial charge in [0.1, 0.15) is 5.60 Å². The van der Waals surface area contributed by atoms with Crippen LogP contribution in [0, 0.1) is 11.8 Å². The maximum atomic E-state index is 13.3. The molecule has 8 heterocycles. The predicted molar refractivity (Wildman–Crippen MR) is 421 cm³/mol. The van der Waals surface area contributed by atoms with Crippen LogP contribution in [0.4, 0.5) is 9.59 Å². The molecule has 6 aromatic rings. The molecule has 14 rings (SSSR count). The van der Waals surface area contributed by atoms with E-state index < -0.39 is 5.60 Å². The zero-order valence-electron chi connectivity index (χ0n) is 56.5. The number of hydrogen-bond acceptors (Lipinski definition) is 9. The van der Waals surface area contributed by atoms with Gasteiger partial charge < -0.3 is 35.4 Å². The highest BCUT2D eigenvalue weighted by Crippen LogP contribution is 2.47. The first-order valence-electron chi connectivity index (χ1n) is 34.8. The Kier molecular flexibility index (Phi) is 25.1. The fraction of sp³-hybridized carbons (Fsp3) is 0.442. The van der Waals surface area contributed by atoms with Gasteiger partial charge in [0.15, 0.2) is 0 Å². The van der Waals surface area contributed by atoms with E-state index in [4.69, 9.17) is 60.2 Å². The molecule has 0 saturated carbocycles. The Hall–Kier alpha value is -4.48. The summed E-state index contributed by atoms with van der Waals surface area (Å²) >= 11 is 41.3. The summed E-state index contributed by atoms with van der Waals surface area (Å²) in [5.41, 5.74) is 27.2. The summed E-state index contributed by atoms with van der Waals surface area (Å²) in [6.07, 6.45) is 20.8. The Balaban J connectivity index is 0.000000146. The van der Waals surface area contributed by atoms with Gasteiger partial charge in [-0.15, -0.1) is 0 Å². The van der Waals surface area contributed by atoms with Crippen LogP contribution in [0.3, 0.4) is 0 Å². The Morgan fingerprint density at radius 3 is 1.10 bits per heavy atom.